The quantitative estimate of drug-likeness (QED) is 0.606. The van der Waals surface area contributed by atoms with E-state index in [0.717, 1.165) is 0 Å². The van der Waals surface area contributed by atoms with E-state index in [-0.39, 0.29) is 10.8 Å². The van der Waals surface area contributed by atoms with Crippen molar-refractivity contribution in [3.63, 3.8) is 0 Å². The van der Waals surface area contributed by atoms with Gasteiger partial charge in [-0.2, -0.15) is 0 Å². The molecule has 0 aliphatic rings. The molecule has 3 rings (SSSR count). The van der Waals surface area contributed by atoms with Gasteiger partial charge in [0.05, 0.1) is 11.7 Å². The fraction of sp³-hybridized carbons (Fsp3) is 0.211. The summed E-state index contributed by atoms with van der Waals surface area (Å²) in [5.41, 5.74) is 1.31. The van der Waals surface area contributed by atoms with Gasteiger partial charge >= 0.3 is 0 Å². The Morgan fingerprint density at radius 2 is 1.59 bits per heavy atom. The zero-order valence-electron chi connectivity index (χ0n) is 12.9. The van der Waals surface area contributed by atoms with Crippen LogP contribution < -0.4 is 0 Å². The summed E-state index contributed by atoms with van der Waals surface area (Å²) in [6, 6.07) is 21.2. The number of hydrogen-bond donors (Lipinski definition) is 0. The lowest BCUT2D eigenvalue weighted by molar-refractivity contribution is 0.421. The van der Waals surface area contributed by atoms with Crippen LogP contribution in [0, 0.1) is 0 Å². The highest BCUT2D eigenvalue weighted by Gasteiger charge is 2.33. The first-order valence-corrected chi connectivity index (χ1v) is 8.30. The van der Waals surface area contributed by atoms with Gasteiger partial charge in [-0.15, -0.1) is 0 Å². The number of hydrogen-bond acceptors (Lipinski definition) is 2. The van der Waals surface area contributed by atoms with Gasteiger partial charge in [0.2, 0.25) is 0 Å². The van der Waals surface area contributed by atoms with Crippen LogP contribution in [0.5, 0.6) is 0 Å². The second-order valence-electron chi connectivity index (χ2n) is 5.88. The van der Waals surface area contributed by atoms with E-state index < -0.39 is 0 Å². The van der Waals surface area contributed by atoms with Crippen molar-refractivity contribution < 1.29 is 0 Å². The maximum Gasteiger partial charge on any atom is 0.0956 e. The van der Waals surface area contributed by atoms with Crippen LogP contribution in [0.2, 0.25) is 0 Å². The molecule has 0 spiro atoms. The van der Waals surface area contributed by atoms with Gasteiger partial charge in [-0.05, 0) is 17.7 Å². The van der Waals surface area contributed by atoms with E-state index in [4.69, 9.17) is 0 Å². The minimum atomic E-state index is -0.0253. The maximum absolute atomic E-state index is 4.24. The number of rotatable bonds is 5. The largest absolute Gasteiger partial charge is 0.324 e. The van der Waals surface area contributed by atoms with Gasteiger partial charge in [0.25, 0.3) is 0 Å². The van der Waals surface area contributed by atoms with Crippen LogP contribution in [-0.2, 0) is 5.41 Å². The molecule has 0 saturated carbocycles. The van der Waals surface area contributed by atoms with E-state index in [2.05, 4.69) is 84.1 Å². The second-order valence-corrected chi connectivity index (χ2v) is 7.03. The third-order valence-electron chi connectivity index (χ3n) is 3.92. The molecule has 0 radical (unpaired) electrons. The molecule has 1 unspecified atom stereocenters. The molecule has 1 atom stereocenters. The molecule has 2 nitrogen and oxygen atoms in total. The summed E-state index contributed by atoms with van der Waals surface area (Å²) < 4.78 is 2.20. The predicted molar refractivity (Wildman–Crippen MR) is 93.0 cm³/mol. The van der Waals surface area contributed by atoms with E-state index in [9.17, 15) is 0 Å². The molecule has 0 bridgehead atoms. The van der Waals surface area contributed by atoms with Crippen molar-refractivity contribution in [3.8, 4) is 0 Å². The van der Waals surface area contributed by atoms with Crippen molar-refractivity contribution in [2.75, 3.05) is 0 Å². The predicted octanol–water partition coefficient (Wildman–Crippen LogP) is 5.15. The third-order valence-corrected chi connectivity index (χ3v) is 5.52. The number of imidazole rings is 1. The molecule has 0 aliphatic heterocycles. The van der Waals surface area contributed by atoms with Gasteiger partial charge in [-0.25, -0.2) is 4.98 Å². The maximum atomic E-state index is 4.24. The molecular weight excluding hydrogens is 288 g/mol. The average Bonchev–Trinajstić information content (AvgIpc) is 3.08. The molecule has 0 fully saturated rings. The number of benzene rings is 2. The zero-order valence-corrected chi connectivity index (χ0v) is 13.7. The molecule has 22 heavy (non-hydrogen) atoms. The smallest absolute Gasteiger partial charge is 0.0956 e. The fourth-order valence-electron chi connectivity index (χ4n) is 2.63. The molecule has 3 aromatic rings. The van der Waals surface area contributed by atoms with Crippen molar-refractivity contribution in [3.05, 3.63) is 84.9 Å². The summed E-state index contributed by atoms with van der Waals surface area (Å²) in [4.78, 5) is 5.51. The highest BCUT2D eigenvalue weighted by Crippen LogP contribution is 2.45. The normalized spacial score (nSPS) is 13.0. The van der Waals surface area contributed by atoms with Crippen LogP contribution in [-0.4, -0.2) is 9.55 Å². The first-order valence-electron chi connectivity index (χ1n) is 7.42. The minimum Gasteiger partial charge on any atom is -0.324 e. The average molecular weight is 308 g/mol. The standard InChI is InChI=1S/C19H20N2S/c1-19(2,16-9-5-3-6-10-16)18(21-14-13-20-15-21)22-17-11-7-4-8-12-17/h3-15,18H,1-2H3. The van der Waals surface area contributed by atoms with Crippen molar-refractivity contribution in [1.29, 1.82) is 0 Å². The Morgan fingerprint density at radius 3 is 2.18 bits per heavy atom. The molecular formula is C19H20N2S. The summed E-state index contributed by atoms with van der Waals surface area (Å²) in [5, 5.41) is 0.236. The summed E-state index contributed by atoms with van der Waals surface area (Å²) in [6.07, 6.45) is 5.80. The first kappa shape index (κ1) is 14.9. The Balaban J connectivity index is 1.99. The van der Waals surface area contributed by atoms with Gasteiger partial charge in [0, 0.05) is 22.7 Å². The topological polar surface area (TPSA) is 17.8 Å². The number of aromatic nitrogens is 2. The summed E-state index contributed by atoms with van der Waals surface area (Å²) in [6.45, 7) is 4.59. The Bertz CT molecular complexity index is 691. The van der Waals surface area contributed by atoms with Crippen LogP contribution in [0.1, 0.15) is 24.8 Å². The van der Waals surface area contributed by atoms with Gasteiger partial charge in [-0.1, -0.05) is 74.1 Å². The van der Waals surface area contributed by atoms with Crippen molar-refractivity contribution in [2.24, 2.45) is 0 Å². The lowest BCUT2D eigenvalue weighted by Gasteiger charge is -2.35. The minimum absolute atomic E-state index is 0.0253. The van der Waals surface area contributed by atoms with Crippen LogP contribution in [0.15, 0.2) is 84.3 Å². The Kier molecular flexibility index (Phi) is 4.34. The molecule has 3 heteroatoms. The summed E-state index contributed by atoms with van der Waals surface area (Å²) >= 11 is 1.87. The van der Waals surface area contributed by atoms with Crippen LogP contribution in [0.25, 0.3) is 0 Å². The molecule has 0 aliphatic carbocycles. The van der Waals surface area contributed by atoms with Gasteiger partial charge in [-0.3, -0.25) is 0 Å². The van der Waals surface area contributed by atoms with E-state index >= 15 is 0 Å². The summed E-state index contributed by atoms with van der Waals surface area (Å²) in [7, 11) is 0. The zero-order chi connectivity index (χ0) is 15.4. The van der Waals surface area contributed by atoms with Crippen molar-refractivity contribution >= 4 is 11.8 Å². The molecule has 2 aromatic carbocycles. The first-order chi connectivity index (χ1) is 10.7. The van der Waals surface area contributed by atoms with Crippen LogP contribution in [0.3, 0.4) is 0 Å². The van der Waals surface area contributed by atoms with Gasteiger partial charge < -0.3 is 4.57 Å². The number of nitrogens with zero attached hydrogens (tertiary/aromatic N) is 2. The second kappa shape index (κ2) is 6.41. The summed E-state index contributed by atoms with van der Waals surface area (Å²) in [5.74, 6) is 0. The van der Waals surface area contributed by atoms with Crippen LogP contribution >= 0.6 is 11.8 Å². The molecule has 1 heterocycles. The van der Waals surface area contributed by atoms with E-state index in [1.807, 2.05) is 30.5 Å². The Hall–Kier alpha value is -2.00. The van der Waals surface area contributed by atoms with E-state index in [1.165, 1.54) is 10.5 Å². The van der Waals surface area contributed by atoms with E-state index in [0.29, 0.717) is 0 Å². The lowest BCUT2D eigenvalue weighted by atomic mass is 9.84. The van der Waals surface area contributed by atoms with Gasteiger partial charge in [0.15, 0.2) is 0 Å². The SMILES string of the molecule is CC(C)(c1ccccc1)C(Sc1ccccc1)n1ccnc1. The molecule has 0 amide bonds. The van der Waals surface area contributed by atoms with E-state index in [1.54, 1.807) is 0 Å². The van der Waals surface area contributed by atoms with Crippen molar-refractivity contribution in [1.82, 2.24) is 9.55 Å². The molecule has 1 aromatic heterocycles. The third kappa shape index (κ3) is 3.09. The highest BCUT2D eigenvalue weighted by atomic mass is 32.2. The lowest BCUT2D eigenvalue weighted by Crippen LogP contribution is -2.28. The molecule has 112 valence electrons. The van der Waals surface area contributed by atoms with Gasteiger partial charge in [0.1, 0.15) is 0 Å². The highest BCUT2D eigenvalue weighted by molar-refractivity contribution is 7.99. The monoisotopic (exact) mass is 308 g/mol. The van der Waals surface area contributed by atoms with Crippen LogP contribution in [0.4, 0.5) is 0 Å². The molecule has 0 saturated heterocycles. The van der Waals surface area contributed by atoms with Crippen molar-refractivity contribution in [2.45, 2.75) is 29.5 Å². The Morgan fingerprint density at radius 1 is 0.955 bits per heavy atom. The Labute approximate surface area is 136 Å². The molecule has 0 N–H and O–H groups in total. The number of thioether (sulfide) groups is 1. The fourth-order valence-corrected chi connectivity index (χ4v) is 3.88.